The maximum Gasteiger partial charge on any atom is 0.355 e. The van der Waals surface area contributed by atoms with E-state index in [4.69, 9.17) is 9.47 Å². The number of fused-ring (bicyclic) bond motifs is 9. The lowest BCUT2D eigenvalue weighted by molar-refractivity contribution is -0.140. The predicted octanol–water partition coefficient (Wildman–Crippen LogP) is 4.59. The lowest BCUT2D eigenvalue weighted by atomic mass is 9.65. The molecule has 0 bridgehead atoms. The number of hydrogen-bond acceptors (Lipinski definition) is 5. The summed E-state index contributed by atoms with van der Waals surface area (Å²) in [6.07, 6.45) is 3.84. The van der Waals surface area contributed by atoms with Crippen LogP contribution in [0.25, 0.3) is 17.2 Å². The van der Waals surface area contributed by atoms with Crippen molar-refractivity contribution < 1.29 is 19.1 Å². The van der Waals surface area contributed by atoms with Crippen LogP contribution in [0.2, 0.25) is 0 Å². The van der Waals surface area contributed by atoms with Gasteiger partial charge in [0.25, 0.3) is 0 Å². The summed E-state index contributed by atoms with van der Waals surface area (Å²) in [4.78, 5) is 28.6. The number of hydrogen-bond donors (Lipinski definition) is 0. The van der Waals surface area contributed by atoms with E-state index < -0.39 is 17.4 Å². The molecule has 0 aromatic heterocycles. The molecule has 1 aliphatic carbocycles. The highest BCUT2D eigenvalue weighted by atomic mass is 16.5. The Kier molecular flexibility index (Phi) is 4.11. The lowest BCUT2D eigenvalue weighted by Gasteiger charge is -2.41. The minimum absolute atomic E-state index is 0.214. The third-order valence-electron chi connectivity index (χ3n) is 7.05. The van der Waals surface area contributed by atoms with E-state index in [1.807, 2.05) is 53.6 Å². The molecular formula is C28H21NO4. The van der Waals surface area contributed by atoms with Crippen LogP contribution >= 0.6 is 0 Å². The van der Waals surface area contributed by atoms with Crippen molar-refractivity contribution in [2.75, 3.05) is 14.2 Å². The van der Waals surface area contributed by atoms with Gasteiger partial charge in [-0.25, -0.2) is 9.59 Å². The number of rotatable bonds is 2. The molecule has 162 valence electrons. The van der Waals surface area contributed by atoms with Gasteiger partial charge < -0.3 is 14.4 Å². The molecule has 3 aromatic rings. The molecule has 5 heteroatoms. The molecule has 1 atom stereocenters. The summed E-state index contributed by atoms with van der Waals surface area (Å²) in [5.41, 5.74) is 5.72. The molecule has 33 heavy (non-hydrogen) atoms. The zero-order valence-electron chi connectivity index (χ0n) is 18.2. The Bertz CT molecular complexity index is 1350. The van der Waals surface area contributed by atoms with Crippen molar-refractivity contribution in [3.8, 4) is 11.1 Å². The quantitative estimate of drug-likeness (QED) is 0.551. The first-order chi connectivity index (χ1) is 16.1. The fourth-order valence-corrected chi connectivity index (χ4v) is 5.90. The number of esters is 2. The van der Waals surface area contributed by atoms with Gasteiger partial charge >= 0.3 is 11.9 Å². The third kappa shape index (κ3) is 2.31. The topological polar surface area (TPSA) is 55.8 Å². The smallest absolute Gasteiger partial charge is 0.355 e. The molecule has 5 nitrogen and oxygen atoms in total. The van der Waals surface area contributed by atoms with Crippen LogP contribution in [-0.4, -0.2) is 31.1 Å². The minimum atomic E-state index is -0.940. The summed E-state index contributed by atoms with van der Waals surface area (Å²) < 4.78 is 10.5. The first-order valence-electron chi connectivity index (χ1n) is 10.8. The van der Waals surface area contributed by atoms with E-state index >= 15 is 0 Å². The molecule has 0 saturated heterocycles. The zero-order chi connectivity index (χ0) is 22.7. The van der Waals surface area contributed by atoms with Gasteiger partial charge in [0.2, 0.25) is 0 Å². The first kappa shape index (κ1) is 19.6. The van der Waals surface area contributed by atoms with Gasteiger partial charge in [-0.3, -0.25) is 0 Å². The Morgan fingerprint density at radius 3 is 2.00 bits per heavy atom. The van der Waals surface area contributed by atoms with E-state index in [1.54, 1.807) is 0 Å². The van der Waals surface area contributed by atoms with Crippen molar-refractivity contribution in [2.24, 2.45) is 0 Å². The van der Waals surface area contributed by atoms with Crippen LogP contribution in [-0.2, 0) is 24.5 Å². The second-order valence-electron chi connectivity index (χ2n) is 8.36. The van der Waals surface area contributed by atoms with Gasteiger partial charge in [0.05, 0.1) is 31.2 Å². The average molecular weight is 435 g/mol. The molecule has 0 fully saturated rings. The van der Waals surface area contributed by atoms with Crippen LogP contribution in [0.1, 0.15) is 28.3 Å². The van der Waals surface area contributed by atoms with Crippen molar-refractivity contribution in [3.05, 3.63) is 113 Å². The van der Waals surface area contributed by atoms with E-state index in [0.717, 1.165) is 33.4 Å². The van der Waals surface area contributed by atoms with Gasteiger partial charge in [0.1, 0.15) is 5.70 Å². The van der Waals surface area contributed by atoms with E-state index in [-0.39, 0.29) is 11.7 Å². The summed E-state index contributed by atoms with van der Waals surface area (Å²) in [5.74, 6) is -1.11. The first-order valence-corrected chi connectivity index (χ1v) is 10.8. The molecule has 3 aromatic carbocycles. The molecule has 1 spiro atoms. The van der Waals surface area contributed by atoms with Crippen molar-refractivity contribution >= 4 is 18.0 Å². The maximum absolute atomic E-state index is 13.5. The molecule has 0 radical (unpaired) electrons. The molecular weight excluding hydrogens is 414 g/mol. The summed E-state index contributed by atoms with van der Waals surface area (Å²) in [6.45, 7) is 0. The molecule has 1 unspecified atom stereocenters. The number of methoxy groups -OCH3 is 2. The van der Waals surface area contributed by atoms with Gasteiger partial charge in [-0.15, -0.1) is 0 Å². The molecule has 3 aliphatic rings. The fourth-order valence-electron chi connectivity index (χ4n) is 5.90. The SMILES string of the molecule is COC(=O)C1=C(C(=O)OC)C2(c3ccccc3-c3ccccc32)C2c3ccccc3C=CN12. The fraction of sp³-hybridized carbons (Fsp3) is 0.143. The normalized spacial score (nSPS) is 18.5. The van der Waals surface area contributed by atoms with Gasteiger partial charge in [-0.05, 0) is 39.5 Å². The Balaban J connectivity index is 1.82. The van der Waals surface area contributed by atoms with Gasteiger partial charge in [-0.2, -0.15) is 0 Å². The monoisotopic (exact) mass is 435 g/mol. The van der Waals surface area contributed by atoms with Crippen molar-refractivity contribution in [1.82, 2.24) is 4.90 Å². The van der Waals surface area contributed by atoms with Crippen molar-refractivity contribution in [1.29, 1.82) is 0 Å². The molecule has 6 rings (SSSR count). The Labute approximate surface area is 191 Å². The number of carbonyl (C=O) groups is 2. The highest BCUT2D eigenvalue weighted by molar-refractivity contribution is 6.07. The highest BCUT2D eigenvalue weighted by Crippen LogP contribution is 2.65. The van der Waals surface area contributed by atoms with Crippen LogP contribution in [0.4, 0.5) is 0 Å². The lowest BCUT2D eigenvalue weighted by Crippen LogP contribution is -2.39. The highest BCUT2D eigenvalue weighted by Gasteiger charge is 2.63. The van der Waals surface area contributed by atoms with Gasteiger partial charge in [0.15, 0.2) is 0 Å². The van der Waals surface area contributed by atoms with Crippen LogP contribution < -0.4 is 0 Å². The standard InChI is InChI=1S/C28H21NO4/c1-32-26(30)23-24(27(31)33-2)29-16-15-17-9-3-4-10-18(17)25(29)28(23)21-13-7-5-11-19(21)20-12-6-8-14-22(20)28/h3-16,25H,1-2H3. The Hall–Kier alpha value is -4.12. The van der Waals surface area contributed by atoms with E-state index in [9.17, 15) is 9.59 Å². The Morgan fingerprint density at radius 2 is 1.36 bits per heavy atom. The van der Waals surface area contributed by atoms with Crippen LogP contribution in [0.5, 0.6) is 0 Å². The summed E-state index contributed by atoms with van der Waals surface area (Å²) >= 11 is 0. The summed E-state index contributed by atoms with van der Waals surface area (Å²) in [7, 11) is 2.69. The number of ether oxygens (including phenoxy) is 2. The molecule has 0 N–H and O–H groups in total. The van der Waals surface area contributed by atoms with Gasteiger partial charge in [0, 0.05) is 6.20 Å². The second kappa shape index (κ2) is 6.94. The number of benzene rings is 3. The minimum Gasteiger partial charge on any atom is -0.466 e. The maximum atomic E-state index is 13.5. The number of carbonyl (C=O) groups excluding carboxylic acids is 2. The van der Waals surface area contributed by atoms with Crippen molar-refractivity contribution in [3.63, 3.8) is 0 Å². The molecule has 2 heterocycles. The second-order valence-corrected chi connectivity index (χ2v) is 8.36. The molecule has 2 aliphatic heterocycles. The van der Waals surface area contributed by atoms with Crippen LogP contribution in [0, 0.1) is 0 Å². The van der Waals surface area contributed by atoms with E-state index in [0.29, 0.717) is 5.57 Å². The molecule has 0 amide bonds. The summed E-state index contributed by atoms with van der Waals surface area (Å²) in [6, 6.07) is 24.0. The third-order valence-corrected chi connectivity index (χ3v) is 7.05. The van der Waals surface area contributed by atoms with E-state index in [2.05, 4.69) is 36.4 Å². The predicted molar refractivity (Wildman–Crippen MR) is 124 cm³/mol. The molecule has 0 saturated carbocycles. The van der Waals surface area contributed by atoms with Crippen molar-refractivity contribution in [2.45, 2.75) is 11.5 Å². The van der Waals surface area contributed by atoms with Gasteiger partial charge in [-0.1, -0.05) is 72.8 Å². The van der Waals surface area contributed by atoms with Crippen LogP contribution in [0.15, 0.2) is 90.3 Å². The summed E-state index contributed by atoms with van der Waals surface area (Å²) in [5, 5.41) is 0. The Morgan fingerprint density at radius 1 is 0.788 bits per heavy atom. The van der Waals surface area contributed by atoms with Crippen LogP contribution in [0.3, 0.4) is 0 Å². The number of nitrogens with zero attached hydrogens (tertiary/aromatic N) is 1. The largest absolute Gasteiger partial charge is 0.466 e. The average Bonchev–Trinajstić information content (AvgIpc) is 3.35. The van der Waals surface area contributed by atoms with E-state index in [1.165, 1.54) is 14.2 Å². The zero-order valence-corrected chi connectivity index (χ0v) is 18.2.